The second-order valence-corrected chi connectivity index (χ2v) is 4.25. The van der Waals surface area contributed by atoms with Crippen LogP contribution in [0.1, 0.15) is 31.8 Å². The van der Waals surface area contributed by atoms with Crippen LogP contribution in [-0.2, 0) is 0 Å². The van der Waals surface area contributed by atoms with Gasteiger partial charge in [0.25, 0.3) is 0 Å². The molecule has 0 aliphatic heterocycles. The van der Waals surface area contributed by atoms with Crippen LogP contribution >= 0.6 is 0 Å². The first-order valence-corrected chi connectivity index (χ1v) is 5.74. The number of carboxylic acid groups (broad SMARTS) is 1. The predicted octanol–water partition coefficient (Wildman–Crippen LogP) is 2.51. The number of aromatic carboxylic acids is 1. The van der Waals surface area contributed by atoms with Crippen molar-refractivity contribution in [3.63, 3.8) is 0 Å². The minimum absolute atomic E-state index is 0.0723. The molecule has 0 radical (unpaired) electrons. The van der Waals surface area contributed by atoms with E-state index < -0.39 is 5.97 Å². The molecule has 0 heterocycles. The average Bonchev–Trinajstić information content (AvgIpc) is 2.41. The minimum Gasteiger partial charge on any atom is -0.478 e. The van der Waals surface area contributed by atoms with Crippen molar-refractivity contribution >= 4 is 17.4 Å². The Morgan fingerprint density at radius 1 is 1.05 bits per heavy atom. The van der Waals surface area contributed by atoms with Gasteiger partial charge in [0.15, 0.2) is 5.78 Å². The molecule has 0 aromatic heterocycles. The Morgan fingerprint density at radius 2 is 1.68 bits per heavy atom. The monoisotopic (exact) mass is 255 g/mol. The van der Waals surface area contributed by atoms with E-state index in [0.29, 0.717) is 16.8 Å². The highest BCUT2D eigenvalue weighted by molar-refractivity contribution is 6.14. The summed E-state index contributed by atoms with van der Waals surface area (Å²) in [5.74, 6) is -1.48. The smallest absolute Gasteiger partial charge is 0.336 e. The van der Waals surface area contributed by atoms with Crippen LogP contribution in [0.4, 0.5) is 5.69 Å². The van der Waals surface area contributed by atoms with Crippen LogP contribution in [0.3, 0.4) is 0 Å². The molecule has 0 aliphatic carbocycles. The number of carbonyl (C=O) groups excluding carboxylic acids is 1. The summed E-state index contributed by atoms with van der Waals surface area (Å²) < 4.78 is 0. The molecule has 0 amide bonds. The highest BCUT2D eigenvalue weighted by Gasteiger charge is 2.19. The molecule has 0 bridgehead atoms. The van der Waals surface area contributed by atoms with Crippen molar-refractivity contribution in [3.8, 4) is 0 Å². The second-order valence-electron chi connectivity index (χ2n) is 4.25. The Morgan fingerprint density at radius 3 is 2.26 bits per heavy atom. The molecular weight excluding hydrogens is 242 g/mol. The maximum Gasteiger partial charge on any atom is 0.336 e. The number of nitrogen functional groups attached to an aromatic ring is 1. The lowest BCUT2D eigenvalue weighted by molar-refractivity contribution is 0.0693. The molecule has 0 atom stereocenters. The van der Waals surface area contributed by atoms with Crippen LogP contribution in [-0.4, -0.2) is 16.9 Å². The van der Waals surface area contributed by atoms with E-state index in [4.69, 9.17) is 10.8 Å². The summed E-state index contributed by atoms with van der Waals surface area (Å²) >= 11 is 0. The van der Waals surface area contributed by atoms with Gasteiger partial charge in [-0.05, 0) is 24.6 Å². The zero-order valence-electron chi connectivity index (χ0n) is 10.4. The van der Waals surface area contributed by atoms with Gasteiger partial charge < -0.3 is 10.8 Å². The van der Waals surface area contributed by atoms with Gasteiger partial charge in [-0.25, -0.2) is 4.79 Å². The molecule has 0 saturated carbocycles. The fraction of sp³-hybridized carbons (Fsp3) is 0.0667. The summed E-state index contributed by atoms with van der Waals surface area (Å²) in [4.78, 5) is 23.5. The van der Waals surface area contributed by atoms with E-state index >= 15 is 0 Å². The largest absolute Gasteiger partial charge is 0.478 e. The Balaban J connectivity index is 2.59. The van der Waals surface area contributed by atoms with Crippen LogP contribution in [0.5, 0.6) is 0 Å². The van der Waals surface area contributed by atoms with E-state index in [9.17, 15) is 9.59 Å². The van der Waals surface area contributed by atoms with Gasteiger partial charge >= 0.3 is 5.97 Å². The van der Waals surface area contributed by atoms with E-state index in [0.717, 1.165) is 0 Å². The lowest BCUT2D eigenvalue weighted by Gasteiger charge is -2.09. The number of ketones is 1. The third-order valence-corrected chi connectivity index (χ3v) is 2.92. The van der Waals surface area contributed by atoms with Gasteiger partial charge in [0, 0.05) is 16.8 Å². The van der Waals surface area contributed by atoms with Crippen LogP contribution in [0, 0.1) is 6.92 Å². The van der Waals surface area contributed by atoms with Crippen molar-refractivity contribution in [2.75, 3.05) is 5.73 Å². The van der Waals surface area contributed by atoms with Crippen molar-refractivity contribution in [1.29, 1.82) is 0 Å². The number of hydrogen-bond acceptors (Lipinski definition) is 3. The molecule has 0 fully saturated rings. The molecule has 19 heavy (non-hydrogen) atoms. The lowest BCUT2D eigenvalue weighted by Crippen LogP contribution is -2.11. The van der Waals surface area contributed by atoms with Crippen LogP contribution < -0.4 is 5.73 Å². The van der Waals surface area contributed by atoms with Gasteiger partial charge in [0.2, 0.25) is 0 Å². The number of anilines is 1. The average molecular weight is 255 g/mol. The zero-order chi connectivity index (χ0) is 14.0. The first-order valence-electron chi connectivity index (χ1n) is 5.74. The summed E-state index contributed by atoms with van der Waals surface area (Å²) in [5.41, 5.74) is 7.28. The first kappa shape index (κ1) is 12.8. The molecule has 2 aromatic carbocycles. The fourth-order valence-corrected chi connectivity index (χ4v) is 1.83. The molecule has 96 valence electrons. The molecule has 4 heteroatoms. The maximum absolute atomic E-state index is 12.3. The third-order valence-electron chi connectivity index (χ3n) is 2.92. The molecule has 2 rings (SSSR count). The van der Waals surface area contributed by atoms with E-state index in [2.05, 4.69) is 0 Å². The van der Waals surface area contributed by atoms with Gasteiger partial charge in [-0.2, -0.15) is 0 Å². The van der Waals surface area contributed by atoms with Crippen molar-refractivity contribution in [2.45, 2.75) is 6.92 Å². The van der Waals surface area contributed by atoms with Crippen LogP contribution in [0.2, 0.25) is 0 Å². The van der Waals surface area contributed by atoms with Crippen molar-refractivity contribution < 1.29 is 14.7 Å². The number of carbonyl (C=O) groups is 2. The molecule has 3 N–H and O–H groups in total. The molecule has 0 saturated heterocycles. The Hall–Kier alpha value is -2.62. The Bertz CT molecular complexity index is 648. The quantitative estimate of drug-likeness (QED) is 0.652. The Labute approximate surface area is 110 Å². The molecule has 0 aliphatic rings. The molecular formula is C15H13NO3. The van der Waals surface area contributed by atoms with Crippen molar-refractivity contribution in [2.24, 2.45) is 0 Å². The number of rotatable bonds is 3. The molecule has 0 unspecified atom stereocenters. The normalized spacial score (nSPS) is 10.2. The fourth-order valence-electron chi connectivity index (χ4n) is 1.83. The van der Waals surface area contributed by atoms with E-state index in [-0.39, 0.29) is 16.9 Å². The predicted molar refractivity (Wildman–Crippen MR) is 72.4 cm³/mol. The zero-order valence-corrected chi connectivity index (χ0v) is 10.4. The van der Waals surface area contributed by atoms with E-state index in [1.165, 1.54) is 12.1 Å². The van der Waals surface area contributed by atoms with E-state index in [1.54, 1.807) is 37.3 Å². The number of nitrogens with two attached hydrogens (primary N) is 1. The maximum atomic E-state index is 12.3. The SMILES string of the molecule is Cc1cc(C(=O)c2ccccc2)c(C(=O)O)cc1N. The van der Waals surface area contributed by atoms with Gasteiger partial charge in [-0.15, -0.1) is 0 Å². The summed E-state index contributed by atoms with van der Waals surface area (Å²) in [6.45, 7) is 1.74. The van der Waals surface area contributed by atoms with Gasteiger partial charge in [-0.3, -0.25) is 4.79 Å². The summed E-state index contributed by atoms with van der Waals surface area (Å²) in [7, 11) is 0. The highest BCUT2D eigenvalue weighted by atomic mass is 16.4. The third kappa shape index (κ3) is 2.47. The van der Waals surface area contributed by atoms with Gasteiger partial charge in [0.05, 0.1) is 5.56 Å². The lowest BCUT2D eigenvalue weighted by atomic mass is 9.95. The number of hydrogen-bond donors (Lipinski definition) is 2. The highest BCUT2D eigenvalue weighted by Crippen LogP contribution is 2.21. The number of benzene rings is 2. The standard InChI is InChI=1S/C15H13NO3/c1-9-7-11(12(15(18)19)8-13(9)16)14(17)10-5-3-2-4-6-10/h2-8H,16H2,1H3,(H,18,19). The number of carboxylic acids is 1. The van der Waals surface area contributed by atoms with Crippen molar-refractivity contribution in [3.05, 3.63) is 64.7 Å². The summed E-state index contributed by atoms with van der Waals surface area (Å²) in [6.07, 6.45) is 0. The van der Waals surface area contributed by atoms with E-state index in [1.807, 2.05) is 0 Å². The first-order chi connectivity index (χ1) is 9.00. The van der Waals surface area contributed by atoms with Gasteiger partial charge in [0.1, 0.15) is 0 Å². The van der Waals surface area contributed by atoms with Crippen LogP contribution in [0.15, 0.2) is 42.5 Å². The molecule has 0 spiro atoms. The Kier molecular flexibility index (Phi) is 3.33. The van der Waals surface area contributed by atoms with Crippen LogP contribution in [0.25, 0.3) is 0 Å². The minimum atomic E-state index is -1.16. The summed E-state index contributed by atoms with van der Waals surface area (Å²) in [5, 5.41) is 9.17. The second kappa shape index (κ2) is 4.94. The summed E-state index contributed by atoms with van der Waals surface area (Å²) in [6, 6.07) is 11.4. The van der Waals surface area contributed by atoms with Gasteiger partial charge in [-0.1, -0.05) is 30.3 Å². The van der Waals surface area contributed by atoms with Crippen molar-refractivity contribution in [1.82, 2.24) is 0 Å². The molecule has 2 aromatic rings. The molecule has 4 nitrogen and oxygen atoms in total. The number of aryl methyl sites for hydroxylation is 1. The topological polar surface area (TPSA) is 80.4 Å².